The molecule has 1 aliphatic rings. The SMILES string of the molecule is Cl.NC1CCCN(C(=O)c2ccc(S(=O)(=O)NCc3cccs3)cc2)C1. The summed E-state index contributed by atoms with van der Waals surface area (Å²) >= 11 is 1.49. The first-order valence-electron chi connectivity index (χ1n) is 8.13. The molecule has 0 aliphatic carbocycles. The molecular formula is C17H22ClN3O3S2. The van der Waals surface area contributed by atoms with Crippen LogP contribution in [0, 0.1) is 0 Å². The first-order chi connectivity index (χ1) is 12.0. The fourth-order valence-corrected chi connectivity index (χ4v) is 4.56. The highest BCUT2D eigenvalue weighted by Crippen LogP contribution is 2.16. The van der Waals surface area contributed by atoms with Crippen molar-refractivity contribution in [2.75, 3.05) is 13.1 Å². The van der Waals surface area contributed by atoms with Crippen LogP contribution in [0.1, 0.15) is 28.1 Å². The predicted molar refractivity (Wildman–Crippen MR) is 105 cm³/mol. The van der Waals surface area contributed by atoms with Crippen LogP contribution < -0.4 is 10.5 Å². The molecule has 2 aromatic rings. The Hall–Kier alpha value is -1.45. The molecule has 6 nitrogen and oxygen atoms in total. The van der Waals surface area contributed by atoms with E-state index in [0.29, 0.717) is 18.7 Å². The highest BCUT2D eigenvalue weighted by atomic mass is 35.5. The fourth-order valence-electron chi connectivity index (χ4n) is 2.82. The maximum Gasteiger partial charge on any atom is 0.253 e. The Morgan fingerprint density at radius 1 is 1.27 bits per heavy atom. The lowest BCUT2D eigenvalue weighted by atomic mass is 10.1. The number of carbonyl (C=O) groups is 1. The van der Waals surface area contributed by atoms with Gasteiger partial charge in [-0.2, -0.15) is 0 Å². The highest BCUT2D eigenvalue weighted by Gasteiger charge is 2.23. The topological polar surface area (TPSA) is 92.5 Å². The number of amides is 1. The zero-order chi connectivity index (χ0) is 17.9. The Morgan fingerprint density at radius 3 is 2.62 bits per heavy atom. The summed E-state index contributed by atoms with van der Waals surface area (Å²) in [6.45, 7) is 1.49. The summed E-state index contributed by atoms with van der Waals surface area (Å²) in [7, 11) is -3.60. The summed E-state index contributed by atoms with van der Waals surface area (Å²) < 4.78 is 27.2. The van der Waals surface area contributed by atoms with Gasteiger partial charge >= 0.3 is 0 Å². The molecule has 1 atom stereocenters. The summed E-state index contributed by atoms with van der Waals surface area (Å²) in [5.41, 5.74) is 6.39. The average molecular weight is 416 g/mol. The van der Waals surface area contributed by atoms with Crippen LogP contribution in [0.2, 0.25) is 0 Å². The largest absolute Gasteiger partial charge is 0.337 e. The maximum atomic E-state index is 12.5. The molecule has 9 heteroatoms. The molecular weight excluding hydrogens is 394 g/mol. The molecule has 1 aliphatic heterocycles. The molecule has 1 unspecified atom stereocenters. The van der Waals surface area contributed by atoms with Gasteiger partial charge in [-0.05, 0) is 48.6 Å². The van der Waals surface area contributed by atoms with Crippen molar-refractivity contribution in [2.24, 2.45) is 5.73 Å². The van der Waals surface area contributed by atoms with Gasteiger partial charge in [-0.15, -0.1) is 23.7 Å². The van der Waals surface area contributed by atoms with E-state index in [1.807, 2.05) is 17.5 Å². The summed E-state index contributed by atoms with van der Waals surface area (Å²) in [5, 5.41) is 1.90. The van der Waals surface area contributed by atoms with Crippen LogP contribution in [-0.2, 0) is 16.6 Å². The number of carbonyl (C=O) groups excluding carboxylic acids is 1. The third kappa shape index (κ3) is 5.05. The Balaban J connectivity index is 0.00000243. The number of rotatable bonds is 5. The summed E-state index contributed by atoms with van der Waals surface area (Å²) in [6.07, 6.45) is 1.82. The van der Waals surface area contributed by atoms with E-state index in [0.717, 1.165) is 17.7 Å². The van der Waals surface area contributed by atoms with E-state index in [-0.39, 0.29) is 35.8 Å². The molecule has 26 heavy (non-hydrogen) atoms. The van der Waals surface area contributed by atoms with Crippen LogP contribution in [0.15, 0.2) is 46.7 Å². The number of halogens is 1. The van der Waals surface area contributed by atoms with Crippen molar-refractivity contribution in [1.29, 1.82) is 0 Å². The summed E-state index contributed by atoms with van der Waals surface area (Å²) in [6, 6.07) is 9.81. The lowest BCUT2D eigenvalue weighted by molar-refractivity contribution is 0.0708. The minimum atomic E-state index is -3.60. The molecule has 3 rings (SSSR count). The number of piperidine rings is 1. The van der Waals surface area contributed by atoms with Crippen molar-refractivity contribution in [1.82, 2.24) is 9.62 Å². The quantitative estimate of drug-likeness (QED) is 0.783. The average Bonchev–Trinajstić information content (AvgIpc) is 3.13. The van der Waals surface area contributed by atoms with Crippen molar-refractivity contribution in [3.8, 4) is 0 Å². The second-order valence-electron chi connectivity index (χ2n) is 6.08. The molecule has 142 valence electrons. The molecule has 0 saturated carbocycles. The van der Waals surface area contributed by atoms with Gasteiger partial charge in [0.25, 0.3) is 5.91 Å². The normalized spacial score (nSPS) is 17.6. The number of hydrogen-bond donors (Lipinski definition) is 2. The van der Waals surface area contributed by atoms with E-state index in [9.17, 15) is 13.2 Å². The van der Waals surface area contributed by atoms with E-state index >= 15 is 0 Å². The highest BCUT2D eigenvalue weighted by molar-refractivity contribution is 7.89. The molecule has 1 saturated heterocycles. The molecule has 3 N–H and O–H groups in total. The van der Waals surface area contributed by atoms with E-state index < -0.39 is 10.0 Å². The van der Waals surface area contributed by atoms with Crippen molar-refractivity contribution < 1.29 is 13.2 Å². The maximum absolute atomic E-state index is 12.5. The molecule has 0 bridgehead atoms. The first-order valence-corrected chi connectivity index (χ1v) is 10.5. The van der Waals surface area contributed by atoms with Crippen LogP contribution in [0.25, 0.3) is 0 Å². The smallest absolute Gasteiger partial charge is 0.253 e. The predicted octanol–water partition coefficient (Wildman–Crippen LogP) is 2.21. The number of nitrogens with two attached hydrogens (primary N) is 1. The first kappa shape index (κ1) is 20.9. The van der Waals surface area contributed by atoms with Crippen LogP contribution in [0.3, 0.4) is 0 Å². The van der Waals surface area contributed by atoms with Crippen molar-refractivity contribution in [3.63, 3.8) is 0 Å². The number of nitrogens with one attached hydrogen (secondary N) is 1. The van der Waals surface area contributed by atoms with Crippen LogP contribution >= 0.6 is 23.7 Å². The zero-order valence-electron chi connectivity index (χ0n) is 14.1. The number of thiophene rings is 1. The van der Waals surface area contributed by atoms with Gasteiger partial charge in [0, 0.05) is 36.1 Å². The minimum Gasteiger partial charge on any atom is -0.337 e. The van der Waals surface area contributed by atoms with Gasteiger partial charge < -0.3 is 10.6 Å². The Morgan fingerprint density at radius 2 is 2.00 bits per heavy atom. The third-order valence-electron chi connectivity index (χ3n) is 4.17. The number of nitrogens with zero attached hydrogens (tertiary/aromatic N) is 1. The van der Waals surface area contributed by atoms with Crippen molar-refractivity contribution in [2.45, 2.75) is 30.3 Å². The molecule has 0 radical (unpaired) electrons. The van der Waals surface area contributed by atoms with E-state index in [1.54, 1.807) is 17.0 Å². The number of likely N-dealkylation sites (tertiary alicyclic amines) is 1. The van der Waals surface area contributed by atoms with Gasteiger partial charge in [0.15, 0.2) is 0 Å². The zero-order valence-corrected chi connectivity index (χ0v) is 16.6. The van der Waals surface area contributed by atoms with Crippen molar-refractivity contribution >= 4 is 39.7 Å². The van der Waals surface area contributed by atoms with Crippen molar-refractivity contribution in [3.05, 3.63) is 52.2 Å². The molecule has 0 spiro atoms. The van der Waals surface area contributed by atoms with Gasteiger partial charge in [-0.1, -0.05) is 6.07 Å². The Bertz CT molecular complexity index is 823. The number of benzene rings is 1. The summed E-state index contributed by atoms with van der Waals surface area (Å²) in [5.74, 6) is -0.106. The standard InChI is InChI=1S/C17H21N3O3S2.ClH/c18-14-3-1-9-20(12-14)17(21)13-5-7-16(8-6-13)25(22,23)19-11-15-4-2-10-24-15;/h2,4-8,10,14,19H,1,3,9,11-12,18H2;1H. The van der Waals surface area contributed by atoms with Gasteiger partial charge in [-0.25, -0.2) is 13.1 Å². The lowest BCUT2D eigenvalue weighted by Gasteiger charge is -2.30. The molecule has 1 amide bonds. The Labute approximate surface area is 163 Å². The minimum absolute atomic E-state index is 0. The van der Waals surface area contributed by atoms with E-state index in [1.165, 1.54) is 23.5 Å². The molecule has 2 heterocycles. The molecule has 1 aromatic heterocycles. The van der Waals surface area contributed by atoms with Gasteiger partial charge in [0.1, 0.15) is 0 Å². The van der Waals surface area contributed by atoms with Crippen LogP contribution in [0.5, 0.6) is 0 Å². The number of sulfonamides is 1. The second kappa shape index (κ2) is 8.96. The van der Waals surface area contributed by atoms with E-state index in [4.69, 9.17) is 5.73 Å². The van der Waals surface area contributed by atoms with E-state index in [2.05, 4.69) is 4.72 Å². The summed E-state index contributed by atoms with van der Waals surface area (Å²) in [4.78, 5) is 15.3. The fraction of sp³-hybridized carbons (Fsp3) is 0.353. The monoisotopic (exact) mass is 415 g/mol. The lowest BCUT2D eigenvalue weighted by Crippen LogP contribution is -2.45. The van der Waals surface area contributed by atoms with Crippen LogP contribution in [-0.4, -0.2) is 38.4 Å². The van der Waals surface area contributed by atoms with Gasteiger partial charge in [-0.3, -0.25) is 4.79 Å². The third-order valence-corrected chi connectivity index (χ3v) is 6.47. The van der Waals surface area contributed by atoms with Gasteiger partial charge in [0.2, 0.25) is 10.0 Å². The molecule has 1 aromatic carbocycles. The number of hydrogen-bond acceptors (Lipinski definition) is 5. The molecule has 1 fully saturated rings. The second-order valence-corrected chi connectivity index (χ2v) is 8.88. The Kier molecular flexibility index (Phi) is 7.19. The van der Waals surface area contributed by atoms with Gasteiger partial charge in [0.05, 0.1) is 4.90 Å². The van der Waals surface area contributed by atoms with Crippen LogP contribution in [0.4, 0.5) is 0 Å².